The number of hydrogen-bond donors (Lipinski definition) is 1. The fourth-order valence-electron chi connectivity index (χ4n) is 2.99. The standard InChI is InChI=1S/C15H22O2/c1-10-7-11(2)14(12(3)8-10)15-13(9-16)5-4-6-17-15/h7-8,13,15-16H,4-6,9H2,1-3H3. The van der Waals surface area contributed by atoms with Gasteiger partial charge in [-0.25, -0.2) is 0 Å². The lowest BCUT2D eigenvalue weighted by Gasteiger charge is -2.33. The monoisotopic (exact) mass is 234 g/mol. The predicted octanol–water partition coefficient (Wildman–Crippen LogP) is 3.07. The minimum atomic E-state index is 0.0781. The Morgan fingerprint density at radius 3 is 2.47 bits per heavy atom. The maximum Gasteiger partial charge on any atom is 0.0880 e. The summed E-state index contributed by atoms with van der Waals surface area (Å²) in [6, 6.07) is 4.41. The number of aliphatic hydroxyl groups excluding tert-OH is 1. The van der Waals surface area contributed by atoms with E-state index in [2.05, 4.69) is 32.9 Å². The van der Waals surface area contributed by atoms with Crippen molar-refractivity contribution >= 4 is 0 Å². The minimum Gasteiger partial charge on any atom is -0.396 e. The fraction of sp³-hybridized carbons (Fsp3) is 0.600. The normalized spacial score (nSPS) is 24.9. The molecule has 1 aliphatic rings. The lowest BCUT2D eigenvalue weighted by molar-refractivity contribution is -0.0463. The Hall–Kier alpha value is -0.860. The van der Waals surface area contributed by atoms with Crippen LogP contribution in [0, 0.1) is 26.7 Å². The number of aliphatic hydroxyl groups is 1. The molecule has 2 atom stereocenters. The highest BCUT2D eigenvalue weighted by Gasteiger charge is 2.29. The summed E-state index contributed by atoms with van der Waals surface area (Å²) in [5.74, 6) is 0.254. The summed E-state index contributed by atoms with van der Waals surface area (Å²) in [6.45, 7) is 7.43. The smallest absolute Gasteiger partial charge is 0.0880 e. The molecular formula is C15H22O2. The molecule has 1 N–H and O–H groups in total. The van der Waals surface area contributed by atoms with Crippen LogP contribution in [0.2, 0.25) is 0 Å². The van der Waals surface area contributed by atoms with E-state index in [0.717, 1.165) is 19.4 Å². The topological polar surface area (TPSA) is 29.5 Å². The number of ether oxygens (including phenoxy) is 1. The molecule has 0 radical (unpaired) electrons. The van der Waals surface area contributed by atoms with Crippen molar-refractivity contribution < 1.29 is 9.84 Å². The van der Waals surface area contributed by atoms with E-state index in [9.17, 15) is 5.11 Å². The van der Waals surface area contributed by atoms with Gasteiger partial charge in [0.15, 0.2) is 0 Å². The second kappa shape index (κ2) is 5.19. The molecule has 1 fully saturated rings. The molecule has 0 spiro atoms. The molecule has 0 amide bonds. The summed E-state index contributed by atoms with van der Waals surface area (Å²) in [5, 5.41) is 9.48. The molecular weight excluding hydrogens is 212 g/mol. The zero-order valence-electron chi connectivity index (χ0n) is 11.0. The van der Waals surface area contributed by atoms with E-state index >= 15 is 0 Å². The average molecular weight is 234 g/mol. The number of benzene rings is 1. The molecule has 2 rings (SSSR count). The van der Waals surface area contributed by atoms with Gasteiger partial charge in [0.1, 0.15) is 0 Å². The van der Waals surface area contributed by atoms with Crippen molar-refractivity contribution in [2.24, 2.45) is 5.92 Å². The quantitative estimate of drug-likeness (QED) is 0.852. The number of rotatable bonds is 2. The van der Waals surface area contributed by atoms with Gasteiger partial charge in [-0.3, -0.25) is 0 Å². The Morgan fingerprint density at radius 2 is 1.88 bits per heavy atom. The van der Waals surface area contributed by atoms with Crippen LogP contribution in [0.3, 0.4) is 0 Å². The van der Waals surface area contributed by atoms with Crippen LogP contribution in [0.15, 0.2) is 12.1 Å². The first-order chi connectivity index (χ1) is 8.13. The van der Waals surface area contributed by atoms with Crippen molar-refractivity contribution in [3.63, 3.8) is 0 Å². The second-order valence-electron chi connectivity index (χ2n) is 5.19. The van der Waals surface area contributed by atoms with E-state index < -0.39 is 0 Å². The van der Waals surface area contributed by atoms with Crippen LogP contribution in [-0.2, 0) is 4.74 Å². The molecule has 1 aliphatic heterocycles. The maximum atomic E-state index is 9.48. The van der Waals surface area contributed by atoms with E-state index in [-0.39, 0.29) is 18.6 Å². The third-order valence-corrected chi connectivity index (χ3v) is 3.70. The van der Waals surface area contributed by atoms with Gasteiger partial charge < -0.3 is 9.84 Å². The van der Waals surface area contributed by atoms with Crippen molar-refractivity contribution in [3.05, 3.63) is 34.4 Å². The molecule has 0 bridgehead atoms. The molecule has 0 aromatic heterocycles. The van der Waals surface area contributed by atoms with Gasteiger partial charge in [0, 0.05) is 19.1 Å². The van der Waals surface area contributed by atoms with Crippen LogP contribution in [0.1, 0.15) is 41.2 Å². The molecule has 1 heterocycles. The first kappa shape index (κ1) is 12.6. The molecule has 0 saturated carbocycles. The molecule has 94 valence electrons. The molecule has 1 aromatic carbocycles. The summed E-state index contributed by atoms with van der Waals surface area (Å²) >= 11 is 0. The Kier molecular flexibility index (Phi) is 3.85. The molecule has 2 heteroatoms. The van der Waals surface area contributed by atoms with Gasteiger partial charge in [-0.15, -0.1) is 0 Å². The number of hydrogen-bond acceptors (Lipinski definition) is 2. The Bertz CT molecular complexity index is 375. The Morgan fingerprint density at radius 1 is 1.24 bits per heavy atom. The molecule has 2 nitrogen and oxygen atoms in total. The molecule has 17 heavy (non-hydrogen) atoms. The Balaban J connectivity index is 2.38. The summed E-state index contributed by atoms with van der Waals surface area (Å²) in [7, 11) is 0. The van der Waals surface area contributed by atoms with E-state index in [1.54, 1.807) is 0 Å². The lowest BCUT2D eigenvalue weighted by Crippen LogP contribution is -2.26. The van der Waals surface area contributed by atoms with Crippen molar-refractivity contribution in [2.45, 2.75) is 39.7 Å². The van der Waals surface area contributed by atoms with Crippen LogP contribution in [0.25, 0.3) is 0 Å². The van der Waals surface area contributed by atoms with Crippen LogP contribution in [-0.4, -0.2) is 18.3 Å². The first-order valence-corrected chi connectivity index (χ1v) is 6.43. The SMILES string of the molecule is Cc1cc(C)c(C2OCCCC2CO)c(C)c1. The lowest BCUT2D eigenvalue weighted by atomic mass is 9.85. The van der Waals surface area contributed by atoms with Crippen LogP contribution >= 0.6 is 0 Å². The third kappa shape index (κ3) is 2.53. The van der Waals surface area contributed by atoms with E-state index in [1.807, 2.05) is 0 Å². The second-order valence-corrected chi connectivity index (χ2v) is 5.19. The van der Waals surface area contributed by atoms with Crippen molar-refractivity contribution in [2.75, 3.05) is 13.2 Å². The van der Waals surface area contributed by atoms with Gasteiger partial charge in [0.25, 0.3) is 0 Å². The van der Waals surface area contributed by atoms with Crippen molar-refractivity contribution in [1.29, 1.82) is 0 Å². The fourth-order valence-corrected chi connectivity index (χ4v) is 2.99. The van der Waals surface area contributed by atoms with Crippen LogP contribution in [0.4, 0.5) is 0 Å². The summed E-state index contributed by atoms with van der Waals surface area (Å²) in [5.41, 5.74) is 5.15. The molecule has 1 aromatic rings. The van der Waals surface area contributed by atoms with Gasteiger partial charge in [0.05, 0.1) is 6.10 Å². The summed E-state index contributed by atoms with van der Waals surface area (Å²) in [4.78, 5) is 0. The highest BCUT2D eigenvalue weighted by Crippen LogP contribution is 2.36. The minimum absolute atomic E-state index is 0.0781. The van der Waals surface area contributed by atoms with Crippen molar-refractivity contribution in [1.82, 2.24) is 0 Å². The van der Waals surface area contributed by atoms with Crippen LogP contribution < -0.4 is 0 Å². The summed E-state index contributed by atoms with van der Waals surface area (Å²) in [6.07, 6.45) is 2.20. The Labute approximate surface area is 104 Å². The van der Waals surface area contributed by atoms with Gasteiger partial charge in [-0.05, 0) is 50.3 Å². The summed E-state index contributed by atoms with van der Waals surface area (Å²) < 4.78 is 5.91. The number of aryl methyl sites for hydroxylation is 3. The largest absolute Gasteiger partial charge is 0.396 e. The van der Waals surface area contributed by atoms with Crippen LogP contribution in [0.5, 0.6) is 0 Å². The predicted molar refractivity (Wildman–Crippen MR) is 69.2 cm³/mol. The van der Waals surface area contributed by atoms with Crippen molar-refractivity contribution in [3.8, 4) is 0 Å². The highest BCUT2D eigenvalue weighted by molar-refractivity contribution is 5.39. The highest BCUT2D eigenvalue weighted by atomic mass is 16.5. The van der Waals surface area contributed by atoms with E-state index in [4.69, 9.17) is 4.74 Å². The molecule has 0 aliphatic carbocycles. The third-order valence-electron chi connectivity index (χ3n) is 3.70. The average Bonchev–Trinajstić information content (AvgIpc) is 2.28. The molecule has 2 unspecified atom stereocenters. The van der Waals surface area contributed by atoms with E-state index in [1.165, 1.54) is 22.3 Å². The van der Waals surface area contributed by atoms with Gasteiger partial charge in [-0.1, -0.05) is 17.7 Å². The van der Waals surface area contributed by atoms with Gasteiger partial charge in [0.2, 0.25) is 0 Å². The zero-order chi connectivity index (χ0) is 12.4. The van der Waals surface area contributed by atoms with E-state index in [0.29, 0.717) is 0 Å². The van der Waals surface area contributed by atoms with Gasteiger partial charge in [-0.2, -0.15) is 0 Å². The first-order valence-electron chi connectivity index (χ1n) is 6.43. The zero-order valence-corrected chi connectivity index (χ0v) is 11.0. The molecule has 1 saturated heterocycles. The van der Waals surface area contributed by atoms with Gasteiger partial charge >= 0.3 is 0 Å². The maximum absolute atomic E-state index is 9.48.